The molecule has 1 rings (SSSR count). The number of hydrogen-bond donors (Lipinski definition) is 1. The Labute approximate surface area is 80.7 Å². The Morgan fingerprint density at radius 2 is 1.71 bits per heavy atom. The fraction of sp³-hybridized carbons (Fsp3) is 0.400. The molecule has 2 N–H and O–H groups in total. The third-order valence-electron chi connectivity index (χ3n) is 2.07. The molecule has 0 aliphatic carbocycles. The lowest BCUT2D eigenvalue weighted by molar-refractivity contribution is 0.444. The molecule has 1 atom stereocenters. The molecule has 1 aromatic rings. The summed E-state index contributed by atoms with van der Waals surface area (Å²) in [5.74, 6) is -3.76. The Kier molecular flexibility index (Phi) is 3.52. The molecule has 4 heteroatoms. The van der Waals surface area contributed by atoms with E-state index in [1.54, 1.807) is 0 Å². The maximum atomic E-state index is 12.7. The van der Waals surface area contributed by atoms with Crippen LogP contribution in [-0.2, 0) is 6.42 Å². The van der Waals surface area contributed by atoms with Gasteiger partial charge >= 0.3 is 0 Å². The van der Waals surface area contributed by atoms with Crippen LogP contribution in [-0.4, -0.2) is 6.04 Å². The van der Waals surface area contributed by atoms with Gasteiger partial charge in [-0.2, -0.15) is 0 Å². The standard InChI is InChI=1S/C10H12F3N/c1-2-7(14)3-6-4-8(11)10(13)9(12)5-6/h4-5,7H,2-3,14H2,1H3. The van der Waals surface area contributed by atoms with Crippen LogP contribution < -0.4 is 5.73 Å². The van der Waals surface area contributed by atoms with Crippen LogP contribution in [0.4, 0.5) is 13.2 Å². The van der Waals surface area contributed by atoms with Gasteiger partial charge in [-0.1, -0.05) is 6.92 Å². The summed E-state index contributed by atoms with van der Waals surface area (Å²) in [6.07, 6.45) is 1.06. The van der Waals surface area contributed by atoms with Crippen molar-refractivity contribution in [2.45, 2.75) is 25.8 Å². The van der Waals surface area contributed by atoms with E-state index in [2.05, 4.69) is 0 Å². The third-order valence-corrected chi connectivity index (χ3v) is 2.07. The average molecular weight is 203 g/mol. The molecule has 0 radical (unpaired) electrons. The second-order valence-electron chi connectivity index (χ2n) is 3.25. The molecule has 0 saturated heterocycles. The van der Waals surface area contributed by atoms with Crippen LogP contribution in [0, 0.1) is 17.5 Å². The minimum Gasteiger partial charge on any atom is -0.327 e. The largest absolute Gasteiger partial charge is 0.327 e. The molecule has 1 unspecified atom stereocenters. The van der Waals surface area contributed by atoms with Crippen LogP contribution >= 0.6 is 0 Å². The SMILES string of the molecule is CCC(N)Cc1cc(F)c(F)c(F)c1. The van der Waals surface area contributed by atoms with Crippen LogP contribution in [0.3, 0.4) is 0 Å². The quantitative estimate of drug-likeness (QED) is 0.750. The predicted molar refractivity (Wildman–Crippen MR) is 48.3 cm³/mol. The fourth-order valence-corrected chi connectivity index (χ4v) is 1.17. The normalized spacial score (nSPS) is 12.9. The molecule has 0 aliphatic rings. The van der Waals surface area contributed by atoms with E-state index in [-0.39, 0.29) is 6.04 Å². The zero-order valence-corrected chi connectivity index (χ0v) is 7.86. The van der Waals surface area contributed by atoms with Crippen LogP contribution in [0.5, 0.6) is 0 Å². The van der Waals surface area contributed by atoms with E-state index < -0.39 is 17.5 Å². The lowest BCUT2D eigenvalue weighted by atomic mass is 10.0. The number of halogens is 3. The molecular formula is C10H12F3N. The second kappa shape index (κ2) is 4.46. The summed E-state index contributed by atoms with van der Waals surface area (Å²) in [6, 6.07) is 1.81. The number of hydrogen-bond acceptors (Lipinski definition) is 1. The van der Waals surface area contributed by atoms with Gasteiger partial charge in [0.05, 0.1) is 0 Å². The molecule has 0 aromatic heterocycles. The highest BCUT2D eigenvalue weighted by Gasteiger charge is 2.11. The van der Waals surface area contributed by atoms with Crippen molar-refractivity contribution in [2.24, 2.45) is 5.73 Å². The zero-order valence-electron chi connectivity index (χ0n) is 7.86. The highest BCUT2D eigenvalue weighted by molar-refractivity contribution is 5.20. The van der Waals surface area contributed by atoms with Crippen molar-refractivity contribution in [3.63, 3.8) is 0 Å². The van der Waals surface area contributed by atoms with Crippen molar-refractivity contribution in [2.75, 3.05) is 0 Å². The van der Waals surface area contributed by atoms with Crippen molar-refractivity contribution >= 4 is 0 Å². The van der Waals surface area contributed by atoms with Gasteiger partial charge in [-0.25, -0.2) is 13.2 Å². The molecule has 1 aromatic carbocycles. The summed E-state index contributed by atoms with van der Waals surface area (Å²) in [4.78, 5) is 0. The summed E-state index contributed by atoms with van der Waals surface area (Å²) < 4.78 is 38.0. The van der Waals surface area contributed by atoms with Crippen LogP contribution in [0.2, 0.25) is 0 Å². The van der Waals surface area contributed by atoms with Crippen LogP contribution in [0.15, 0.2) is 12.1 Å². The molecule has 78 valence electrons. The predicted octanol–water partition coefficient (Wildman–Crippen LogP) is 2.38. The van der Waals surface area contributed by atoms with Gasteiger partial charge in [0.1, 0.15) is 0 Å². The number of nitrogens with two attached hydrogens (primary N) is 1. The van der Waals surface area contributed by atoms with Gasteiger partial charge in [-0.15, -0.1) is 0 Å². The van der Waals surface area contributed by atoms with E-state index in [0.717, 1.165) is 12.1 Å². The molecule has 0 amide bonds. The first-order valence-corrected chi connectivity index (χ1v) is 4.43. The van der Waals surface area contributed by atoms with E-state index >= 15 is 0 Å². The van der Waals surface area contributed by atoms with Crippen molar-refractivity contribution in [1.29, 1.82) is 0 Å². The Bertz CT molecular complexity index is 302. The van der Waals surface area contributed by atoms with Gasteiger partial charge in [-0.3, -0.25) is 0 Å². The summed E-state index contributed by atoms with van der Waals surface area (Å²) >= 11 is 0. The summed E-state index contributed by atoms with van der Waals surface area (Å²) in [7, 11) is 0. The maximum Gasteiger partial charge on any atom is 0.194 e. The first kappa shape index (κ1) is 11.0. The molecule has 0 fully saturated rings. The first-order chi connectivity index (χ1) is 6.54. The van der Waals surface area contributed by atoms with E-state index in [1.807, 2.05) is 6.92 Å². The highest BCUT2D eigenvalue weighted by atomic mass is 19.2. The van der Waals surface area contributed by atoms with Crippen molar-refractivity contribution in [1.82, 2.24) is 0 Å². The van der Waals surface area contributed by atoms with Crippen LogP contribution in [0.25, 0.3) is 0 Å². The summed E-state index contributed by atoms with van der Waals surface area (Å²) in [5.41, 5.74) is 5.99. The first-order valence-electron chi connectivity index (χ1n) is 4.43. The molecule has 0 heterocycles. The van der Waals surface area contributed by atoms with E-state index in [4.69, 9.17) is 5.73 Å². The van der Waals surface area contributed by atoms with Gasteiger partial charge < -0.3 is 5.73 Å². The van der Waals surface area contributed by atoms with Gasteiger partial charge in [0.25, 0.3) is 0 Å². The molecule has 0 spiro atoms. The minimum absolute atomic E-state index is 0.153. The second-order valence-corrected chi connectivity index (χ2v) is 3.25. The Hall–Kier alpha value is -1.03. The molecule has 14 heavy (non-hydrogen) atoms. The monoisotopic (exact) mass is 203 g/mol. The molecule has 0 bridgehead atoms. The van der Waals surface area contributed by atoms with E-state index in [1.165, 1.54) is 0 Å². The minimum atomic E-state index is -1.43. The zero-order chi connectivity index (χ0) is 10.7. The molecule has 0 saturated carbocycles. The van der Waals surface area contributed by atoms with Gasteiger partial charge in [0, 0.05) is 6.04 Å². The molecule has 1 nitrogen and oxygen atoms in total. The Balaban J connectivity index is 2.89. The Morgan fingerprint density at radius 3 is 2.14 bits per heavy atom. The summed E-state index contributed by atoms with van der Waals surface area (Å²) in [6.45, 7) is 1.88. The van der Waals surface area contributed by atoms with Crippen molar-refractivity contribution < 1.29 is 13.2 Å². The third kappa shape index (κ3) is 2.48. The van der Waals surface area contributed by atoms with Crippen molar-refractivity contribution in [3.8, 4) is 0 Å². The van der Waals surface area contributed by atoms with Gasteiger partial charge in [0.15, 0.2) is 17.5 Å². The number of benzene rings is 1. The van der Waals surface area contributed by atoms with Crippen LogP contribution in [0.1, 0.15) is 18.9 Å². The molecular weight excluding hydrogens is 191 g/mol. The topological polar surface area (TPSA) is 26.0 Å². The highest BCUT2D eigenvalue weighted by Crippen LogP contribution is 2.14. The summed E-state index contributed by atoms with van der Waals surface area (Å²) in [5, 5.41) is 0. The molecule has 0 aliphatic heterocycles. The lowest BCUT2D eigenvalue weighted by Crippen LogP contribution is -2.21. The van der Waals surface area contributed by atoms with Crippen molar-refractivity contribution in [3.05, 3.63) is 35.1 Å². The number of rotatable bonds is 3. The van der Waals surface area contributed by atoms with E-state index in [9.17, 15) is 13.2 Å². The Morgan fingerprint density at radius 1 is 1.21 bits per heavy atom. The van der Waals surface area contributed by atoms with Gasteiger partial charge in [0.2, 0.25) is 0 Å². The fourth-order valence-electron chi connectivity index (χ4n) is 1.17. The lowest BCUT2D eigenvalue weighted by Gasteiger charge is -2.08. The smallest absolute Gasteiger partial charge is 0.194 e. The maximum absolute atomic E-state index is 12.7. The van der Waals surface area contributed by atoms with Gasteiger partial charge in [-0.05, 0) is 30.5 Å². The average Bonchev–Trinajstić information content (AvgIpc) is 2.14. The van der Waals surface area contributed by atoms with E-state index in [0.29, 0.717) is 18.4 Å².